The Morgan fingerprint density at radius 3 is 1.95 bits per heavy atom. The van der Waals surface area contributed by atoms with Gasteiger partial charge in [0.15, 0.2) is 5.73 Å². The Labute approximate surface area is 129 Å². The van der Waals surface area contributed by atoms with Crippen molar-refractivity contribution in [3.8, 4) is 0 Å². The van der Waals surface area contributed by atoms with Gasteiger partial charge in [-0.3, -0.25) is 0 Å². The molecule has 21 heavy (non-hydrogen) atoms. The van der Waals surface area contributed by atoms with Crippen LogP contribution in [-0.4, -0.2) is 14.7 Å². The average molecular weight is 295 g/mol. The summed E-state index contributed by atoms with van der Waals surface area (Å²) in [5.74, 6) is 0. The molecule has 0 aromatic heterocycles. The topological polar surface area (TPSA) is 9.23 Å². The molecule has 1 saturated heterocycles. The van der Waals surface area contributed by atoms with Gasteiger partial charge in [-0.15, -0.1) is 0 Å². The third kappa shape index (κ3) is 2.92. The minimum absolute atomic E-state index is 0.886. The Hall–Kier alpha value is -1.51. The zero-order chi connectivity index (χ0) is 14.5. The molecule has 0 aliphatic carbocycles. The minimum atomic E-state index is -1.94. The lowest BCUT2D eigenvalue weighted by Gasteiger charge is -2.24. The third-order valence-electron chi connectivity index (χ3n) is 4.58. The first-order valence-electron chi connectivity index (χ1n) is 7.92. The maximum Gasteiger partial charge on any atom is 0.369 e. The third-order valence-corrected chi connectivity index (χ3v) is 9.07. The number of hydrogen-bond donors (Lipinski definition) is 0. The summed E-state index contributed by atoms with van der Waals surface area (Å²) in [7, 11) is -1.94. The van der Waals surface area contributed by atoms with E-state index in [0.717, 1.165) is 13.0 Å². The highest BCUT2D eigenvalue weighted by Crippen LogP contribution is 2.28. The van der Waals surface area contributed by atoms with E-state index in [2.05, 4.69) is 67.2 Å². The quantitative estimate of drug-likeness (QED) is 0.621. The van der Waals surface area contributed by atoms with Crippen LogP contribution in [0.1, 0.15) is 25.7 Å². The summed E-state index contributed by atoms with van der Waals surface area (Å²) in [6, 6.07) is 21.9. The molecule has 1 nitrogen and oxygen atoms in total. The molecule has 2 heteroatoms. The van der Waals surface area contributed by atoms with Crippen molar-refractivity contribution in [2.75, 3.05) is 6.61 Å². The second kappa shape index (κ2) is 6.50. The van der Waals surface area contributed by atoms with Crippen LogP contribution in [0.5, 0.6) is 0 Å². The van der Waals surface area contributed by atoms with E-state index in [1.54, 1.807) is 0 Å². The molecule has 0 N–H and O–H groups in total. The number of ether oxygens (including phenoxy) is 1. The highest BCUT2D eigenvalue weighted by atomic mass is 28.3. The van der Waals surface area contributed by atoms with Gasteiger partial charge in [0, 0.05) is 0 Å². The highest BCUT2D eigenvalue weighted by Gasteiger charge is 2.54. The number of hydrogen-bond acceptors (Lipinski definition) is 1. The summed E-state index contributed by atoms with van der Waals surface area (Å²) in [5, 5.41) is 2.90. The second-order valence-corrected chi connectivity index (χ2v) is 9.90. The molecule has 1 heterocycles. The normalized spacial score (nSPS) is 16.5. The molecule has 0 atom stereocenters. The Kier molecular flexibility index (Phi) is 4.47. The van der Waals surface area contributed by atoms with Gasteiger partial charge < -0.3 is 0 Å². The fourth-order valence-electron chi connectivity index (χ4n) is 3.26. The lowest BCUT2D eigenvalue weighted by atomic mass is 10.2. The summed E-state index contributed by atoms with van der Waals surface area (Å²) < 4.78 is 6.26. The molecule has 0 radical (unpaired) electrons. The first-order chi connectivity index (χ1) is 10.3. The van der Waals surface area contributed by atoms with Gasteiger partial charge in [-0.2, -0.15) is 0 Å². The van der Waals surface area contributed by atoms with Crippen molar-refractivity contribution in [1.82, 2.24) is 0 Å². The van der Waals surface area contributed by atoms with Crippen molar-refractivity contribution < 1.29 is 4.74 Å². The summed E-state index contributed by atoms with van der Waals surface area (Å²) >= 11 is 0. The molecule has 0 spiro atoms. The van der Waals surface area contributed by atoms with E-state index in [1.807, 2.05) is 0 Å². The molecular formula is C19H23OSi+. The van der Waals surface area contributed by atoms with Crippen LogP contribution < -0.4 is 10.4 Å². The first-order valence-corrected chi connectivity index (χ1v) is 10.4. The molecule has 1 aliphatic heterocycles. The summed E-state index contributed by atoms with van der Waals surface area (Å²) in [6.07, 6.45) is 4.86. The molecule has 2 aromatic carbocycles. The zero-order valence-electron chi connectivity index (χ0n) is 12.7. The Bertz CT molecular complexity index is 505. The van der Waals surface area contributed by atoms with Gasteiger partial charge >= 0.3 is 8.07 Å². The lowest BCUT2D eigenvalue weighted by Crippen LogP contribution is -2.61. The van der Waals surface area contributed by atoms with Gasteiger partial charge in [0.2, 0.25) is 0 Å². The molecule has 0 saturated carbocycles. The molecule has 3 rings (SSSR count). The molecule has 0 unspecified atom stereocenters. The van der Waals surface area contributed by atoms with Crippen LogP contribution in [-0.2, 0) is 4.74 Å². The molecular weight excluding hydrogens is 272 g/mol. The van der Waals surface area contributed by atoms with Crippen molar-refractivity contribution in [1.29, 1.82) is 0 Å². The van der Waals surface area contributed by atoms with Gasteiger partial charge in [-0.1, -0.05) is 60.7 Å². The minimum Gasteiger partial charge on any atom is -0.211 e. The van der Waals surface area contributed by atoms with E-state index in [4.69, 9.17) is 4.74 Å². The van der Waals surface area contributed by atoms with Crippen LogP contribution in [0.4, 0.5) is 0 Å². The van der Waals surface area contributed by atoms with Gasteiger partial charge in [0.05, 0.1) is 6.61 Å². The van der Waals surface area contributed by atoms with E-state index < -0.39 is 8.07 Å². The van der Waals surface area contributed by atoms with E-state index in [0.29, 0.717) is 0 Å². The van der Waals surface area contributed by atoms with Crippen molar-refractivity contribution in [3.05, 3.63) is 66.4 Å². The van der Waals surface area contributed by atoms with Gasteiger partial charge in [0.25, 0.3) is 0 Å². The van der Waals surface area contributed by atoms with Crippen LogP contribution in [0.25, 0.3) is 0 Å². The first kappa shape index (κ1) is 14.4. The smallest absolute Gasteiger partial charge is 0.211 e. The molecule has 1 aliphatic rings. The molecule has 0 amide bonds. The maximum atomic E-state index is 6.26. The Balaban J connectivity index is 2.06. The van der Waals surface area contributed by atoms with E-state index in [-0.39, 0.29) is 0 Å². The van der Waals surface area contributed by atoms with Gasteiger partial charge in [-0.05, 0) is 36.2 Å². The van der Waals surface area contributed by atoms with Crippen molar-refractivity contribution in [2.24, 2.45) is 0 Å². The Morgan fingerprint density at radius 1 is 0.810 bits per heavy atom. The molecule has 108 valence electrons. The van der Waals surface area contributed by atoms with Gasteiger partial charge in [0.1, 0.15) is 6.42 Å². The van der Waals surface area contributed by atoms with Crippen LogP contribution in [0.2, 0.25) is 6.55 Å². The predicted octanol–water partition coefficient (Wildman–Crippen LogP) is 3.54. The monoisotopic (exact) mass is 295 g/mol. The van der Waals surface area contributed by atoms with Crippen LogP contribution >= 0.6 is 0 Å². The second-order valence-electron chi connectivity index (χ2n) is 5.94. The fraction of sp³-hybridized carbons (Fsp3) is 0.316. The molecule has 2 aromatic rings. The van der Waals surface area contributed by atoms with Crippen LogP contribution in [0.15, 0.2) is 60.7 Å². The van der Waals surface area contributed by atoms with Crippen LogP contribution in [0, 0.1) is 5.73 Å². The maximum absolute atomic E-state index is 6.26. The standard InChI is InChI=1S/C19H23OSi/c1-21(17-11-5-2-6-12-17,18-13-7-3-8-14-18)19-15-9-4-10-16-20-19/h2-3,5-8,11-14H,4,9-10,15-16H2,1H3/q+1. The van der Waals surface area contributed by atoms with Crippen molar-refractivity contribution in [3.63, 3.8) is 0 Å². The van der Waals surface area contributed by atoms with E-state index >= 15 is 0 Å². The zero-order valence-corrected chi connectivity index (χ0v) is 13.7. The molecule has 1 fully saturated rings. The lowest BCUT2D eigenvalue weighted by molar-refractivity contribution is 0.179. The van der Waals surface area contributed by atoms with Crippen molar-refractivity contribution in [2.45, 2.75) is 32.2 Å². The summed E-state index contributed by atoms with van der Waals surface area (Å²) in [5.41, 5.74) is 1.36. The predicted molar refractivity (Wildman–Crippen MR) is 91.4 cm³/mol. The number of benzene rings is 2. The fourth-order valence-corrected chi connectivity index (χ4v) is 7.02. The highest BCUT2D eigenvalue weighted by molar-refractivity contribution is 7.05. The number of rotatable bonds is 3. The largest absolute Gasteiger partial charge is 0.369 e. The SMILES string of the molecule is C[Si](c1ccccc1)(c1ccccc1)[C+]1CCCCCO1. The Morgan fingerprint density at radius 2 is 1.38 bits per heavy atom. The summed E-state index contributed by atoms with van der Waals surface area (Å²) in [6.45, 7) is 3.33. The van der Waals surface area contributed by atoms with Crippen LogP contribution in [0.3, 0.4) is 0 Å². The van der Waals surface area contributed by atoms with E-state index in [9.17, 15) is 0 Å². The average Bonchev–Trinajstić information content (AvgIpc) is 2.85. The van der Waals surface area contributed by atoms with E-state index in [1.165, 1.54) is 35.4 Å². The summed E-state index contributed by atoms with van der Waals surface area (Å²) in [4.78, 5) is 0. The molecule has 0 bridgehead atoms. The van der Waals surface area contributed by atoms with Gasteiger partial charge in [-0.25, -0.2) is 4.74 Å². The van der Waals surface area contributed by atoms with Crippen molar-refractivity contribution >= 4 is 18.4 Å².